The van der Waals surface area contributed by atoms with Crippen LogP contribution in [0.25, 0.3) is 32.8 Å². The molecule has 3 aromatic carbocycles. The van der Waals surface area contributed by atoms with E-state index >= 15 is 0 Å². The summed E-state index contributed by atoms with van der Waals surface area (Å²) in [5.41, 5.74) is 4.40. The lowest BCUT2D eigenvalue weighted by molar-refractivity contribution is 0.448. The molecule has 0 aliphatic heterocycles. The standard InChI is InChI=1S/C20H16N4/c1-14(24-20-13-7-4-10-17(20)21-22-24)23-18-11-5-2-8-15(18)16-9-3-6-12-19(16)23/h2-14H,1H3. The summed E-state index contributed by atoms with van der Waals surface area (Å²) in [6, 6.07) is 25.2. The van der Waals surface area contributed by atoms with Gasteiger partial charge in [-0.1, -0.05) is 53.7 Å². The van der Waals surface area contributed by atoms with Gasteiger partial charge in [-0.25, -0.2) is 4.68 Å². The van der Waals surface area contributed by atoms with E-state index in [1.807, 2.05) is 22.9 Å². The lowest BCUT2D eigenvalue weighted by Gasteiger charge is -2.17. The third-order valence-corrected chi connectivity index (χ3v) is 4.72. The second kappa shape index (κ2) is 4.93. The van der Waals surface area contributed by atoms with Gasteiger partial charge in [0.1, 0.15) is 11.7 Å². The van der Waals surface area contributed by atoms with Crippen molar-refractivity contribution in [3.8, 4) is 0 Å². The van der Waals surface area contributed by atoms with E-state index in [0.717, 1.165) is 11.0 Å². The van der Waals surface area contributed by atoms with Gasteiger partial charge in [0.15, 0.2) is 0 Å². The molecule has 1 atom stereocenters. The van der Waals surface area contributed by atoms with E-state index < -0.39 is 0 Å². The lowest BCUT2D eigenvalue weighted by Crippen LogP contribution is -2.16. The van der Waals surface area contributed by atoms with Gasteiger partial charge >= 0.3 is 0 Å². The van der Waals surface area contributed by atoms with Crippen LogP contribution >= 0.6 is 0 Å². The summed E-state index contributed by atoms with van der Waals surface area (Å²) in [5, 5.41) is 11.3. The van der Waals surface area contributed by atoms with Gasteiger partial charge in [0.25, 0.3) is 0 Å². The first-order chi connectivity index (χ1) is 11.8. The summed E-state index contributed by atoms with van der Waals surface area (Å²) < 4.78 is 4.33. The summed E-state index contributed by atoms with van der Waals surface area (Å²) in [6.45, 7) is 2.17. The van der Waals surface area contributed by atoms with Gasteiger partial charge in [0.2, 0.25) is 0 Å². The summed E-state index contributed by atoms with van der Waals surface area (Å²) in [4.78, 5) is 0. The second-order valence-corrected chi connectivity index (χ2v) is 6.06. The van der Waals surface area contributed by atoms with Gasteiger partial charge in [-0.05, 0) is 31.2 Å². The van der Waals surface area contributed by atoms with Crippen molar-refractivity contribution in [1.29, 1.82) is 0 Å². The topological polar surface area (TPSA) is 35.6 Å². The minimum Gasteiger partial charge on any atom is -0.318 e. The number of aromatic nitrogens is 4. The molecule has 0 radical (unpaired) electrons. The van der Waals surface area contributed by atoms with Crippen LogP contribution in [-0.2, 0) is 0 Å². The van der Waals surface area contributed by atoms with Crippen LogP contribution in [0.1, 0.15) is 13.1 Å². The first-order valence-corrected chi connectivity index (χ1v) is 8.12. The molecule has 0 saturated heterocycles. The highest BCUT2D eigenvalue weighted by atomic mass is 15.5. The highest BCUT2D eigenvalue weighted by Gasteiger charge is 2.18. The molecular weight excluding hydrogens is 296 g/mol. The zero-order valence-electron chi connectivity index (χ0n) is 13.3. The van der Waals surface area contributed by atoms with Crippen LogP contribution in [0.3, 0.4) is 0 Å². The molecule has 5 rings (SSSR count). The number of para-hydroxylation sites is 3. The highest BCUT2D eigenvalue weighted by Crippen LogP contribution is 2.32. The van der Waals surface area contributed by atoms with E-state index in [-0.39, 0.29) is 6.17 Å². The molecule has 0 saturated carbocycles. The Labute approximate surface area is 138 Å². The summed E-state index contributed by atoms with van der Waals surface area (Å²) in [7, 11) is 0. The summed E-state index contributed by atoms with van der Waals surface area (Å²) >= 11 is 0. The van der Waals surface area contributed by atoms with Gasteiger partial charge in [-0.2, -0.15) is 0 Å². The molecule has 0 amide bonds. The molecule has 5 aromatic rings. The van der Waals surface area contributed by atoms with Crippen LogP contribution in [0.2, 0.25) is 0 Å². The first kappa shape index (κ1) is 13.3. The Morgan fingerprint density at radius 2 is 1.25 bits per heavy atom. The van der Waals surface area contributed by atoms with Crippen molar-refractivity contribution in [2.75, 3.05) is 0 Å². The quantitative estimate of drug-likeness (QED) is 0.477. The summed E-state index contributed by atoms with van der Waals surface area (Å²) in [6.07, 6.45) is 0.0298. The van der Waals surface area contributed by atoms with Crippen LogP contribution in [-0.4, -0.2) is 19.6 Å². The Balaban J connectivity index is 1.84. The average Bonchev–Trinajstić information content (AvgIpc) is 3.21. The maximum Gasteiger partial charge on any atom is 0.127 e. The molecule has 4 nitrogen and oxygen atoms in total. The molecule has 0 N–H and O–H groups in total. The normalized spacial score (nSPS) is 13.0. The van der Waals surface area contributed by atoms with Crippen LogP contribution in [0, 0.1) is 0 Å². The number of fused-ring (bicyclic) bond motifs is 4. The molecule has 0 fully saturated rings. The molecule has 2 aromatic heterocycles. The molecule has 0 spiro atoms. The van der Waals surface area contributed by atoms with Crippen molar-refractivity contribution in [3.05, 3.63) is 72.8 Å². The number of hydrogen-bond donors (Lipinski definition) is 0. The fourth-order valence-electron chi connectivity index (χ4n) is 3.63. The van der Waals surface area contributed by atoms with Crippen molar-refractivity contribution < 1.29 is 0 Å². The third kappa shape index (κ3) is 1.74. The van der Waals surface area contributed by atoms with Crippen molar-refractivity contribution in [3.63, 3.8) is 0 Å². The molecule has 0 bridgehead atoms. The molecule has 24 heavy (non-hydrogen) atoms. The van der Waals surface area contributed by atoms with E-state index in [4.69, 9.17) is 0 Å². The number of hydrogen-bond acceptors (Lipinski definition) is 2. The Bertz CT molecular complexity index is 1130. The van der Waals surface area contributed by atoms with E-state index in [1.54, 1.807) is 0 Å². The predicted molar refractivity (Wildman–Crippen MR) is 97.1 cm³/mol. The number of nitrogens with zero attached hydrogens (tertiary/aromatic N) is 4. The Morgan fingerprint density at radius 1 is 0.708 bits per heavy atom. The largest absolute Gasteiger partial charge is 0.318 e. The van der Waals surface area contributed by atoms with Crippen molar-refractivity contribution in [2.45, 2.75) is 13.1 Å². The molecule has 116 valence electrons. The highest BCUT2D eigenvalue weighted by molar-refractivity contribution is 6.08. The average molecular weight is 312 g/mol. The van der Waals surface area contributed by atoms with Crippen LogP contribution in [0.4, 0.5) is 0 Å². The molecule has 2 heterocycles. The maximum absolute atomic E-state index is 4.41. The zero-order valence-corrected chi connectivity index (χ0v) is 13.3. The summed E-state index contributed by atoms with van der Waals surface area (Å²) in [5.74, 6) is 0. The zero-order chi connectivity index (χ0) is 16.1. The molecule has 0 aliphatic carbocycles. The van der Waals surface area contributed by atoms with Crippen molar-refractivity contribution in [1.82, 2.24) is 19.6 Å². The Morgan fingerprint density at radius 3 is 1.92 bits per heavy atom. The van der Waals surface area contributed by atoms with Gasteiger partial charge in [0.05, 0.1) is 16.6 Å². The van der Waals surface area contributed by atoms with E-state index in [2.05, 4.69) is 76.4 Å². The fourth-order valence-corrected chi connectivity index (χ4v) is 3.63. The molecule has 4 heteroatoms. The maximum atomic E-state index is 4.41. The predicted octanol–water partition coefficient (Wildman–Crippen LogP) is 4.61. The lowest BCUT2D eigenvalue weighted by atomic mass is 10.2. The van der Waals surface area contributed by atoms with Gasteiger partial charge < -0.3 is 4.57 Å². The third-order valence-electron chi connectivity index (χ3n) is 4.72. The van der Waals surface area contributed by atoms with Crippen molar-refractivity contribution in [2.24, 2.45) is 0 Å². The Kier molecular flexibility index (Phi) is 2.73. The van der Waals surface area contributed by atoms with Crippen LogP contribution < -0.4 is 0 Å². The van der Waals surface area contributed by atoms with Crippen LogP contribution in [0.5, 0.6) is 0 Å². The van der Waals surface area contributed by atoms with E-state index in [1.165, 1.54) is 21.8 Å². The first-order valence-electron chi connectivity index (χ1n) is 8.12. The fraction of sp³-hybridized carbons (Fsp3) is 0.100. The van der Waals surface area contributed by atoms with Crippen LogP contribution in [0.15, 0.2) is 72.8 Å². The van der Waals surface area contributed by atoms with Gasteiger partial charge in [-0.3, -0.25) is 0 Å². The van der Waals surface area contributed by atoms with E-state index in [0.29, 0.717) is 0 Å². The SMILES string of the molecule is CC(n1nnc2ccccc21)n1c2ccccc2c2ccccc21. The number of rotatable bonds is 2. The van der Waals surface area contributed by atoms with Gasteiger partial charge in [-0.15, -0.1) is 5.10 Å². The smallest absolute Gasteiger partial charge is 0.127 e. The minimum absolute atomic E-state index is 0.0298. The molecule has 1 unspecified atom stereocenters. The molecular formula is C20H16N4. The Hall–Kier alpha value is -3.14. The van der Waals surface area contributed by atoms with E-state index in [9.17, 15) is 0 Å². The van der Waals surface area contributed by atoms with Gasteiger partial charge in [0, 0.05) is 10.8 Å². The second-order valence-electron chi connectivity index (χ2n) is 6.06. The number of benzene rings is 3. The minimum atomic E-state index is 0.0298. The van der Waals surface area contributed by atoms with Crippen molar-refractivity contribution >= 4 is 32.8 Å². The monoisotopic (exact) mass is 312 g/mol. The molecule has 0 aliphatic rings.